The van der Waals surface area contributed by atoms with Gasteiger partial charge in [0, 0.05) is 6.42 Å². The van der Waals surface area contributed by atoms with E-state index >= 15 is 0 Å². The van der Waals surface area contributed by atoms with Crippen molar-refractivity contribution in [1.82, 2.24) is 5.32 Å². The number of benzene rings is 1. The van der Waals surface area contributed by atoms with E-state index < -0.39 is 35.3 Å². The Hall–Kier alpha value is -2.57. The van der Waals surface area contributed by atoms with Gasteiger partial charge in [-0.2, -0.15) is 0 Å². The maximum absolute atomic E-state index is 12.5. The van der Waals surface area contributed by atoms with E-state index in [-0.39, 0.29) is 12.0 Å². The monoisotopic (exact) mass is 365 g/mol. The second-order valence-electron chi connectivity index (χ2n) is 7.94. The summed E-state index contributed by atoms with van der Waals surface area (Å²) >= 11 is 0. The zero-order chi connectivity index (χ0) is 20.1. The van der Waals surface area contributed by atoms with Crippen LogP contribution in [-0.2, 0) is 20.7 Å². The van der Waals surface area contributed by atoms with Gasteiger partial charge in [-0.25, -0.2) is 14.4 Å². The van der Waals surface area contributed by atoms with Crippen LogP contribution >= 0.6 is 0 Å². The summed E-state index contributed by atoms with van der Waals surface area (Å²) in [6.07, 6.45) is -0.579. The van der Waals surface area contributed by atoms with Crippen molar-refractivity contribution in [2.24, 2.45) is 0 Å². The fraction of sp³-hybridized carbons (Fsp3) is 0.526. The van der Waals surface area contributed by atoms with Crippen molar-refractivity contribution in [3.8, 4) is 0 Å². The number of rotatable bonds is 5. The van der Waals surface area contributed by atoms with E-state index in [4.69, 9.17) is 14.6 Å². The third kappa shape index (κ3) is 8.00. The number of alkyl carbamates (subject to hydrolysis) is 1. The van der Waals surface area contributed by atoms with E-state index in [1.165, 1.54) is 12.1 Å². The van der Waals surface area contributed by atoms with Crippen LogP contribution in [-0.4, -0.2) is 40.4 Å². The molecule has 1 aromatic rings. The SMILES string of the molecule is CC(C)(C)OC(=O)NC(Cc1ccc(C(=O)O)cc1)C(=O)OC(C)(C)C. The number of amides is 1. The summed E-state index contributed by atoms with van der Waals surface area (Å²) in [5.74, 6) is -1.63. The molecule has 0 aliphatic carbocycles. The lowest BCUT2D eigenvalue weighted by atomic mass is 10.0. The minimum Gasteiger partial charge on any atom is -0.478 e. The summed E-state index contributed by atoms with van der Waals surface area (Å²) in [5, 5.41) is 11.5. The number of carboxylic acid groups (broad SMARTS) is 1. The molecule has 7 nitrogen and oxygen atoms in total. The average Bonchev–Trinajstić information content (AvgIpc) is 2.43. The first-order valence-corrected chi connectivity index (χ1v) is 8.31. The van der Waals surface area contributed by atoms with Crippen molar-refractivity contribution in [3.63, 3.8) is 0 Å². The number of hydrogen-bond donors (Lipinski definition) is 2. The fourth-order valence-electron chi connectivity index (χ4n) is 2.04. The van der Waals surface area contributed by atoms with Crippen LogP contribution in [0, 0.1) is 0 Å². The van der Waals surface area contributed by atoms with Crippen molar-refractivity contribution < 1.29 is 29.0 Å². The highest BCUT2D eigenvalue weighted by atomic mass is 16.6. The Balaban J connectivity index is 2.94. The van der Waals surface area contributed by atoms with Gasteiger partial charge >= 0.3 is 18.0 Å². The van der Waals surface area contributed by atoms with Gasteiger partial charge in [0.25, 0.3) is 0 Å². The molecule has 1 amide bonds. The molecule has 26 heavy (non-hydrogen) atoms. The van der Waals surface area contributed by atoms with E-state index in [1.54, 1.807) is 53.7 Å². The van der Waals surface area contributed by atoms with E-state index in [2.05, 4.69) is 5.32 Å². The van der Waals surface area contributed by atoms with E-state index in [1.807, 2.05) is 0 Å². The quantitative estimate of drug-likeness (QED) is 0.777. The molecule has 0 spiro atoms. The molecule has 0 saturated carbocycles. The lowest BCUT2D eigenvalue weighted by molar-refractivity contribution is -0.157. The third-order valence-electron chi connectivity index (χ3n) is 3.02. The van der Waals surface area contributed by atoms with Gasteiger partial charge in [-0.05, 0) is 59.2 Å². The number of carbonyl (C=O) groups excluding carboxylic acids is 2. The molecule has 0 fully saturated rings. The Kier molecular flexibility index (Phi) is 6.78. The van der Waals surface area contributed by atoms with Crippen LogP contribution in [0.1, 0.15) is 57.5 Å². The summed E-state index contributed by atoms with van der Waals surface area (Å²) in [4.78, 5) is 35.4. The minimum atomic E-state index is -1.04. The van der Waals surface area contributed by atoms with Gasteiger partial charge in [-0.15, -0.1) is 0 Å². The first-order chi connectivity index (χ1) is 11.8. The molecule has 0 radical (unpaired) electrons. The molecule has 144 valence electrons. The molecule has 1 rings (SSSR count). The van der Waals surface area contributed by atoms with Crippen LogP contribution in [0.15, 0.2) is 24.3 Å². The number of nitrogens with one attached hydrogen (secondary N) is 1. The van der Waals surface area contributed by atoms with Gasteiger partial charge in [-0.3, -0.25) is 0 Å². The highest BCUT2D eigenvalue weighted by Gasteiger charge is 2.29. The lowest BCUT2D eigenvalue weighted by Crippen LogP contribution is -2.47. The van der Waals surface area contributed by atoms with Crippen molar-refractivity contribution in [2.45, 2.75) is 65.2 Å². The van der Waals surface area contributed by atoms with Gasteiger partial charge in [0.15, 0.2) is 0 Å². The largest absolute Gasteiger partial charge is 0.478 e. The molecule has 1 unspecified atom stereocenters. The topological polar surface area (TPSA) is 102 Å². The summed E-state index contributed by atoms with van der Waals surface area (Å²) < 4.78 is 10.6. The number of esters is 1. The molecule has 7 heteroatoms. The molecule has 1 aromatic carbocycles. The molecular formula is C19H27NO6. The fourth-order valence-corrected chi connectivity index (χ4v) is 2.04. The maximum Gasteiger partial charge on any atom is 0.408 e. The van der Waals surface area contributed by atoms with Crippen molar-refractivity contribution in [3.05, 3.63) is 35.4 Å². The summed E-state index contributed by atoms with van der Waals surface area (Å²) in [6.45, 7) is 10.4. The van der Waals surface area contributed by atoms with Gasteiger partial charge in [0.1, 0.15) is 17.2 Å². The summed E-state index contributed by atoms with van der Waals surface area (Å²) in [5.41, 5.74) is -0.589. The third-order valence-corrected chi connectivity index (χ3v) is 3.02. The molecular weight excluding hydrogens is 338 g/mol. The maximum atomic E-state index is 12.5. The first-order valence-electron chi connectivity index (χ1n) is 8.31. The lowest BCUT2D eigenvalue weighted by Gasteiger charge is -2.26. The van der Waals surface area contributed by atoms with Crippen molar-refractivity contribution in [1.29, 1.82) is 0 Å². The van der Waals surface area contributed by atoms with E-state index in [0.717, 1.165) is 0 Å². The number of hydrogen-bond acceptors (Lipinski definition) is 5. The highest BCUT2D eigenvalue weighted by Crippen LogP contribution is 2.14. The zero-order valence-electron chi connectivity index (χ0n) is 16.1. The number of carbonyl (C=O) groups is 3. The normalized spacial score (nSPS) is 12.8. The Morgan fingerprint density at radius 3 is 1.88 bits per heavy atom. The second-order valence-corrected chi connectivity index (χ2v) is 7.94. The standard InChI is InChI=1S/C19H27NO6/c1-18(2,3)25-16(23)14(20-17(24)26-19(4,5)6)11-12-7-9-13(10-8-12)15(21)22/h7-10,14H,11H2,1-6H3,(H,20,24)(H,21,22). The Morgan fingerprint density at radius 2 is 1.46 bits per heavy atom. The highest BCUT2D eigenvalue weighted by molar-refractivity contribution is 5.87. The van der Waals surface area contributed by atoms with Crippen LogP contribution in [0.3, 0.4) is 0 Å². The summed E-state index contributed by atoms with van der Waals surface area (Å²) in [6, 6.07) is 5.11. The first kappa shape index (κ1) is 21.5. The van der Waals surface area contributed by atoms with Crippen LogP contribution in [0.25, 0.3) is 0 Å². The van der Waals surface area contributed by atoms with Crippen LogP contribution < -0.4 is 5.32 Å². The number of aromatic carboxylic acids is 1. The molecule has 1 atom stereocenters. The van der Waals surface area contributed by atoms with Gasteiger partial charge in [-0.1, -0.05) is 12.1 Å². The van der Waals surface area contributed by atoms with Crippen LogP contribution in [0.2, 0.25) is 0 Å². The second kappa shape index (κ2) is 8.21. The van der Waals surface area contributed by atoms with Crippen LogP contribution in [0.4, 0.5) is 4.79 Å². The average molecular weight is 365 g/mol. The molecule has 0 saturated heterocycles. The minimum absolute atomic E-state index is 0.141. The van der Waals surface area contributed by atoms with Crippen molar-refractivity contribution in [2.75, 3.05) is 0 Å². The smallest absolute Gasteiger partial charge is 0.408 e. The predicted molar refractivity (Wildman–Crippen MR) is 96.1 cm³/mol. The number of ether oxygens (including phenoxy) is 2. The zero-order valence-corrected chi connectivity index (χ0v) is 16.1. The Labute approximate surface area is 153 Å². The van der Waals surface area contributed by atoms with E-state index in [9.17, 15) is 14.4 Å². The molecule has 0 aliphatic heterocycles. The van der Waals surface area contributed by atoms with Crippen LogP contribution in [0.5, 0.6) is 0 Å². The number of carboxylic acids is 1. The molecule has 0 aromatic heterocycles. The van der Waals surface area contributed by atoms with Gasteiger partial charge in [0.2, 0.25) is 0 Å². The predicted octanol–water partition coefficient (Wildman–Crippen LogP) is 3.16. The van der Waals surface area contributed by atoms with Gasteiger partial charge in [0.05, 0.1) is 5.56 Å². The molecule has 0 aliphatic rings. The van der Waals surface area contributed by atoms with Gasteiger partial charge < -0.3 is 19.9 Å². The molecule has 0 heterocycles. The Bertz CT molecular complexity index is 652. The molecule has 0 bridgehead atoms. The summed E-state index contributed by atoms with van der Waals surface area (Å²) in [7, 11) is 0. The Morgan fingerprint density at radius 1 is 0.962 bits per heavy atom. The van der Waals surface area contributed by atoms with E-state index in [0.29, 0.717) is 5.56 Å². The van der Waals surface area contributed by atoms with Crippen molar-refractivity contribution >= 4 is 18.0 Å². The molecule has 2 N–H and O–H groups in total.